The number of halogens is 1. The Morgan fingerprint density at radius 1 is 1.47 bits per heavy atom. The molecule has 0 saturated carbocycles. The third-order valence-electron chi connectivity index (χ3n) is 3.38. The summed E-state index contributed by atoms with van der Waals surface area (Å²) >= 11 is 3.60. The van der Waals surface area contributed by atoms with E-state index < -0.39 is 0 Å². The van der Waals surface area contributed by atoms with Crippen molar-refractivity contribution >= 4 is 27.6 Å². The Balaban J connectivity index is 2.31. The van der Waals surface area contributed by atoms with E-state index in [0.29, 0.717) is 6.04 Å². The van der Waals surface area contributed by atoms with Gasteiger partial charge >= 0.3 is 0 Å². The van der Waals surface area contributed by atoms with Gasteiger partial charge in [-0.2, -0.15) is 0 Å². The second-order valence-corrected chi connectivity index (χ2v) is 5.15. The first kappa shape index (κ1) is 12.6. The molecule has 17 heavy (non-hydrogen) atoms. The van der Waals surface area contributed by atoms with E-state index in [9.17, 15) is 0 Å². The van der Waals surface area contributed by atoms with Gasteiger partial charge in [0.05, 0.1) is 0 Å². The molecule has 1 aliphatic heterocycles. The molecule has 1 aromatic heterocycles. The molecule has 4 nitrogen and oxygen atoms in total. The zero-order chi connectivity index (χ0) is 12.3. The number of hydrogen-bond acceptors (Lipinski definition) is 4. The van der Waals surface area contributed by atoms with E-state index in [0.717, 1.165) is 22.7 Å². The summed E-state index contributed by atoms with van der Waals surface area (Å²) in [6.45, 7) is 3.34. The van der Waals surface area contributed by atoms with Gasteiger partial charge in [-0.3, -0.25) is 0 Å². The van der Waals surface area contributed by atoms with Gasteiger partial charge in [-0.1, -0.05) is 6.92 Å². The Labute approximate surface area is 111 Å². The first-order valence-electron chi connectivity index (χ1n) is 6.22. The molecule has 1 fully saturated rings. The minimum Gasteiger partial charge on any atom is -0.372 e. The minimum absolute atomic E-state index is 0.611. The predicted octanol–water partition coefficient (Wildman–Crippen LogP) is 3.05. The molecule has 0 aliphatic carbocycles. The fourth-order valence-electron chi connectivity index (χ4n) is 2.44. The zero-order valence-electron chi connectivity index (χ0n) is 10.4. The quantitative estimate of drug-likeness (QED) is 0.931. The van der Waals surface area contributed by atoms with Gasteiger partial charge in [-0.05, 0) is 41.6 Å². The van der Waals surface area contributed by atoms with Crippen molar-refractivity contribution in [3.63, 3.8) is 0 Å². The van der Waals surface area contributed by atoms with Crippen molar-refractivity contribution in [2.45, 2.75) is 38.6 Å². The van der Waals surface area contributed by atoms with Gasteiger partial charge in [0.15, 0.2) is 0 Å². The molecule has 0 bridgehead atoms. The van der Waals surface area contributed by atoms with Crippen LogP contribution in [0.3, 0.4) is 0 Å². The van der Waals surface area contributed by atoms with Crippen molar-refractivity contribution in [1.29, 1.82) is 0 Å². The normalized spacial score (nSPS) is 20.4. The molecule has 5 heteroatoms. The maximum absolute atomic E-state index is 4.44. The summed E-state index contributed by atoms with van der Waals surface area (Å²) in [7, 11) is 1.88. The van der Waals surface area contributed by atoms with E-state index >= 15 is 0 Å². The highest BCUT2D eigenvalue weighted by Crippen LogP contribution is 2.33. The predicted molar refractivity (Wildman–Crippen MR) is 74.6 cm³/mol. The largest absolute Gasteiger partial charge is 0.372 e. The third kappa shape index (κ3) is 2.54. The van der Waals surface area contributed by atoms with Gasteiger partial charge in [0, 0.05) is 19.6 Å². The average molecular weight is 299 g/mol. The van der Waals surface area contributed by atoms with E-state index in [1.54, 1.807) is 6.33 Å². The highest BCUT2D eigenvalue weighted by Gasteiger charge is 2.24. The molecule has 1 N–H and O–H groups in total. The van der Waals surface area contributed by atoms with Crippen molar-refractivity contribution in [2.24, 2.45) is 0 Å². The SMILES string of the molecule is CCC1CCCCN1c1ncnc(NC)c1Br. The Kier molecular flexibility index (Phi) is 4.20. The van der Waals surface area contributed by atoms with Gasteiger partial charge in [-0.25, -0.2) is 9.97 Å². The van der Waals surface area contributed by atoms with Crippen LogP contribution in [0.5, 0.6) is 0 Å². The second-order valence-electron chi connectivity index (χ2n) is 4.36. The standard InChI is InChI=1S/C12H19BrN4/c1-3-9-6-4-5-7-17(9)12-10(13)11(14-2)15-8-16-12/h8-9H,3-7H2,1-2H3,(H,14,15,16). The van der Waals surface area contributed by atoms with Crippen molar-refractivity contribution in [1.82, 2.24) is 9.97 Å². The van der Waals surface area contributed by atoms with Crippen LogP contribution in [0.1, 0.15) is 32.6 Å². The Bertz CT molecular complexity index is 383. The van der Waals surface area contributed by atoms with Gasteiger partial charge in [0.1, 0.15) is 22.4 Å². The number of aromatic nitrogens is 2. The molecule has 2 rings (SSSR count). The smallest absolute Gasteiger partial charge is 0.148 e. The number of rotatable bonds is 3. The van der Waals surface area contributed by atoms with E-state index in [-0.39, 0.29) is 0 Å². The highest BCUT2D eigenvalue weighted by molar-refractivity contribution is 9.10. The lowest BCUT2D eigenvalue weighted by Crippen LogP contribution is -2.40. The van der Waals surface area contributed by atoms with Crippen LogP contribution in [-0.4, -0.2) is 29.6 Å². The van der Waals surface area contributed by atoms with E-state index in [4.69, 9.17) is 0 Å². The molecule has 94 valence electrons. The zero-order valence-corrected chi connectivity index (χ0v) is 12.0. The highest BCUT2D eigenvalue weighted by atomic mass is 79.9. The number of nitrogens with zero attached hydrogens (tertiary/aromatic N) is 3. The summed E-state index contributed by atoms with van der Waals surface area (Å²) in [5.41, 5.74) is 0. The molecule has 1 aromatic rings. The molecule has 0 spiro atoms. The number of nitrogens with one attached hydrogen (secondary N) is 1. The molecule has 0 aromatic carbocycles. The van der Waals surface area contributed by atoms with Crippen LogP contribution in [0.25, 0.3) is 0 Å². The van der Waals surface area contributed by atoms with Crippen molar-refractivity contribution < 1.29 is 0 Å². The molecule has 1 atom stereocenters. The summed E-state index contributed by atoms with van der Waals surface area (Å²) < 4.78 is 0.975. The molecular weight excluding hydrogens is 280 g/mol. The lowest BCUT2D eigenvalue weighted by atomic mass is 10.0. The van der Waals surface area contributed by atoms with Crippen molar-refractivity contribution in [2.75, 3.05) is 23.8 Å². The van der Waals surface area contributed by atoms with Crippen molar-refractivity contribution in [3.8, 4) is 0 Å². The van der Waals surface area contributed by atoms with Gasteiger partial charge in [0.25, 0.3) is 0 Å². The third-order valence-corrected chi connectivity index (χ3v) is 4.11. The fraction of sp³-hybridized carbons (Fsp3) is 0.667. The van der Waals surface area contributed by atoms with Gasteiger partial charge in [-0.15, -0.1) is 0 Å². The molecular formula is C12H19BrN4. The van der Waals surface area contributed by atoms with E-state index in [2.05, 4.69) is 43.0 Å². The lowest BCUT2D eigenvalue weighted by molar-refractivity contribution is 0.446. The number of hydrogen-bond donors (Lipinski definition) is 1. The van der Waals surface area contributed by atoms with Crippen LogP contribution in [0.15, 0.2) is 10.8 Å². The topological polar surface area (TPSA) is 41.1 Å². The summed E-state index contributed by atoms with van der Waals surface area (Å²) in [6, 6.07) is 0.611. The van der Waals surface area contributed by atoms with Crippen LogP contribution >= 0.6 is 15.9 Å². The minimum atomic E-state index is 0.611. The molecule has 1 saturated heterocycles. The molecule has 1 aliphatic rings. The molecule has 2 heterocycles. The summed E-state index contributed by atoms with van der Waals surface area (Å²) in [4.78, 5) is 11.1. The van der Waals surface area contributed by atoms with Crippen LogP contribution in [0.4, 0.5) is 11.6 Å². The summed E-state index contributed by atoms with van der Waals surface area (Å²) in [5.74, 6) is 1.88. The van der Waals surface area contributed by atoms with Crippen LogP contribution in [0.2, 0.25) is 0 Å². The fourth-order valence-corrected chi connectivity index (χ4v) is 3.07. The van der Waals surface area contributed by atoms with E-state index in [1.165, 1.54) is 25.7 Å². The number of piperidine rings is 1. The summed E-state index contributed by atoms with van der Waals surface area (Å²) in [5, 5.41) is 3.08. The average Bonchev–Trinajstić information content (AvgIpc) is 2.39. The number of anilines is 2. The molecule has 1 unspecified atom stereocenters. The monoisotopic (exact) mass is 298 g/mol. The molecule has 0 amide bonds. The van der Waals surface area contributed by atoms with Gasteiger partial charge < -0.3 is 10.2 Å². The Morgan fingerprint density at radius 3 is 3.00 bits per heavy atom. The lowest BCUT2D eigenvalue weighted by Gasteiger charge is -2.36. The maximum atomic E-state index is 4.44. The van der Waals surface area contributed by atoms with Crippen LogP contribution in [-0.2, 0) is 0 Å². The Morgan fingerprint density at radius 2 is 2.29 bits per heavy atom. The molecule has 0 radical (unpaired) electrons. The second kappa shape index (κ2) is 5.67. The van der Waals surface area contributed by atoms with Crippen LogP contribution < -0.4 is 10.2 Å². The maximum Gasteiger partial charge on any atom is 0.148 e. The Hall–Kier alpha value is -0.840. The van der Waals surface area contributed by atoms with E-state index in [1.807, 2.05) is 7.05 Å². The first-order valence-corrected chi connectivity index (χ1v) is 7.02. The first-order chi connectivity index (χ1) is 8.27. The van der Waals surface area contributed by atoms with Gasteiger partial charge in [0.2, 0.25) is 0 Å². The van der Waals surface area contributed by atoms with Crippen LogP contribution in [0, 0.1) is 0 Å². The summed E-state index contributed by atoms with van der Waals surface area (Å²) in [6.07, 6.45) is 6.65. The van der Waals surface area contributed by atoms with Crippen molar-refractivity contribution in [3.05, 3.63) is 10.8 Å².